The minimum atomic E-state index is -3.89. The summed E-state index contributed by atoms with van der Waals surface area (Å²) in [5, 5.41) is 0. The lowest BCUT2D eigenvalue weighted by Crippen LogP contribution is -2.06. The fourth-order valence-corrected chi connectivity index (χ4v) is 2.45. The number of ether oxygens (including phenoxy) is 1. The SMILES string of the molecule is Cc1oc(C(=O)OCC2CC2)cc1S(=O)(=O)Cl. The van der Waals surface area contributed by atoms with E-state index in [9.17, 15) is 13.2 Å². The number of carbonyl (C=O) groups is 1. The van der Waals surface area contributed by atoms with E-state index in [1.807, 2.05) is 0 Å². The minimum absolute atomic E-state index is 0.0818. The van der Waals surface area contributed by atoms with Crippen LogP contribution in [0, 0.1) is 12.8 Å². The van der Waals surface area contributed by atoms with E-state index in [4.69, 9.17) is 19.8 Å². The molecular formula is C10H11ClO5S. The zero-order valence-electron chi connectivity index (χ0n) is 9.10. The summed E-state index contributed by atoms with van der Waals surface area (Å²) in [5.41, 5.74) is 0. The highest BCUT2D eigenvalue weighted by Gasteiger charge is 2.26. The Bertz CT molecular complexity index is 541. The van der Waals surface area contributed by atoms with Crippen molar-refractivity contribution < 1.29 is 22.4 Å². The van der Waals surface area contributed by atoms with E-state index in [0.717, 1.165) is 18.9 Å². The molecule has 1 fully saturated rings. The zero-order chi connectivity index (χ0) is 12.6. The molecule has 0 amide bonds. The lowest BCUT2D eigenvalue weighted by molar-refractivity contribution is 0.0448. The highest BCUT2D eigenvalue weighted by atomic mass is 35.7. The Labute approximate surface area is 103 Å². The van der Waals surface area contributed by atoms with Crippen molar-refractivity contribution in [2.24, 2.45) is 5.92 Å². The quantitative estimate of drug-likeness (QED) is 0.623. The third-order valence-corrected chi connectivity index (χ3v) is 3.91. The summed E-state index contributed by atoms with van der Waals surface area (Å²) >= 11 is 0. The Morgan fingerprint density at radius 3 is 2.71 bits per heavy atom. The fraction of sp³-hybridized carbons (Fsp3) is 0.500. The molecule has 7 heteroatoms. The van der Waals surface area contributed by atoms with Gasteiger partial charge in [-0.2, -0.15) is 0 Å². The van der Waals surface area contributed by atoms with Crippen LogP contribution in [0.4, 0.5) is 0 Å². The first-order chi connectivity index (χ1) is 7.88. The van der Waals surface area contributed by atoms with Gasteiger partial charge in [0.15, 0.2) is 0 Å². The minimum Gasteiger partial charge on any atom is -0.460 e. The van der Waals surface area contributed by atoms with Gasteiger partial charge in [-0.25, -0.2) is 13.2 Å². The van der Waals surface area contributed by atoms with Crippen molar-refractivity contribution in [1.82, 2.24) is 0 Å². The van der Waals surface area contributed by atoms with Gasteiger partial charge in [-0.05, 0) is 25.7 Å². The first-order valence-electron chi connectivity index (χ1n) is 5.10. The van der Waals surface area contributed by atoms with Crippen LogP contribution in [0.2, 0.25) is 0 Å². The second kappa shape index (κ2) is 4.34. The third-order valence-electron chi connectivity index (χ3n) is 2.48. The molecule has 2 rings (SSSR count). The van der Waals surface area contributed by atoms with Gasteiger partial charge in [0.25, 0.3) is 9.05 Å². The largest absolute Gasteiger partial charge is 0.460 e. The number of furan rings is 1. The number of aryl methyl sites for hydroxylation is 1. The fourth-order valence-electron chi connectivity index (χ4n) is 1.36. The first-order valence-corrected chi connectivity index (χ1v) is 7.41. The van der Waals surface area contributed by atoms with Gasteiger partial charge in [-0.3, -0.25) is 0 Å². The first kappa shape index (κ1) is 12.4. The molecule has 94 valence electrons. The molecule has 0 aliphatic heterocycles. The molecule has 1 saturated carbocycles. The van der Waals surface area contributed by atoms with Crippen molar-refractivity contribution in [3.8, 4) is 0 Å². The molecule has 1 aliphatic rings. The Hall–Kier alpha value is -1.01. The number of halogens is 1. The summed E-state index contributed by atoms with van der Waals surface area (Å²) in [6.45, 7) is 1.77. The van der Waals surface area contributed by atoms with Crippen LogP contribution in [-0.4, -0.2) is 21.0 Å². The molecule has 0 spiro atoms. The summed E-state index contributed by atoms with van der Waals surface area (Å²) in [4.78, 5) is 11.3. The summed E-state index contributed by atoms with van der Waals surface area (Å²) in [5.74, 6) is -0.279. The molecule has 0 unspecified atom stereocenters. The second-order valence-electron chi connectivity index (χ2n) is 4.01. The Balaban J connectivity index is 2.13. The van der Waals surface area contributed by atoms with Crippen molar-refractivity contribution in [2.45, 2.75) is 24.7 Å². The number of hydrogen-bond acceptors (Lipinski definition) is 5. The Morgan fingerprint density at radius 2 is 2.24 bits per heavy atom. The molecule has 17 heavy (non-hydrogen) atoms. The predicted octanol–water partition coefficient (Wildman–Crippen LogP) is 2.08. The maximum absolute atomic E-state index is 11.5. The van der Waals surface area contributed by atoms with E-state index in [-0.39, 0.29) is 16.4 Å². The lowest BCUT2D eigenvalue weighted by atomic mass is 10.4. The molecule has 0 bridgehead atoms. The lowest BCUT2D eigenvalue weighted by Gasteiger charge is -1.99. The Morgan fingerprint density at radius 1 is 1.59 bits per heavy atom. The van der Waals surface area contributed by atoms with Crippen LogP contribution in [0.3, 0.4) is 0 Å². The average molecular weight is 279 g/mol. The second-order valence-corrected chi connectivity index (χ2v) is 6.55. The molecule has 0 radical (unpaired) electrons. The zero-order valence-corrected chi connectivity index (χ0v) is 10.7. The topological polar surface area (TPSA) is 73.6 Å². The van der Waals surface area contributed by atoms with Crippen LogP contribution in [-0.2, 0) is 13.8 Å². The van der Waals surface area contributed by atoms with Gasteiger partial charge >= 0.3 is 5.97 Å². The van der Waals surface area contributed by atoms with Gasteiger partial charge in [0.05, 0.1) is 6.61 Å². The average Bonchev–Trinajstić information content (AvgIpc) is 2.95. The maximum atomic E-state index is 11.5. The van der Waals surface area contributed by atoms with E-state index in [1.165, 1.54) is 6.92 Å². The number of hydrogen-bond donors (Lipinski definition) is 0. The van der Waals surface area contributed by atoms with E-state index in [1.54, 1.807) is 0 Å². The molecular weight excluding hydrogens is 268 g/mol. The summed E-state index contributed by atoms with van der Waals surface area (Å²) < 4.78 is 32.2. The number of rotatable bonds is 4. The van der Waals surface area contributed by atoms with Crippen molar-refractivity contribution in [3.63, 3.8) is 0 Å². The normalized spacial score (nSPS) is 15.9. The monoisotopic (exact) mass is 278 g/mol. The molecule has 0 saturated heterocycles. The van der Waals surface area contributed by atoms with Gasteiger partial charge in [0.2, 0.25) is 5.76 Å². The van der Waals surface area contributed by atoms with Crippen molar-refractivity contribution in [1.29, 1.82) is 0 Å². The Kier molecular flexibility index (Phi) is 3.18. The summed E-state index contributed by atoms with van der Waals surface area (Å²) in [6, 6.07) is 1.09. The van der Waals surface area contributed by atoms with Gasteiger partial charge in [-0.15, -0.1) is 0 Å². The van der Waals surface area contributed by atoms with E-state index in [2.05, 4.69) is 0 Å². The molecule has 1 heterocycles. The molecule has 1 aromatic rings. The van der Waals surface area contributed by atoms with Crippen LogP contribution in [0.15, 0.2) is 15.4 Å². The van der Waals surface area contributed by atoms with Crippen LogP contribution in [0.1, 0.15) is 29.2 Å². The molecule has 5 nitrogen and oxygen atoms in total. The smallest absolute Gasteiger partial charge is 0.374 e. The van der Waals surface area contributed by atoms with Gasteiger partial charge < -0.3 is 9.15 Å². The summed E-state index contributed by atoms with van der Waals surface area (Å²) in [7, 11) is 1.29. The van der Waals surface area contributed by atoms with Gasteiger partial charge in [-0.1, -0.05) is 0 Å². The van der Waals surface area contributed by atoms with Gasteiger partial charge in [0.1, 0.15) is 10.7 Å². The van der Waals surface area contributed by atoms with E-state index in [0.29, 0.717) is 12.5 Å². The van der Waals surface area contributed by atoms with Crippen molar-refractivity contribution >= 4 is 25.7 Å². The van der Waals surface area contributed by atoms with Gasteiger partial charge in [0, 0.05) is 16.7 Å². The predicted molar refractivity (Wildman–Crippen MR) is 59.5 cm³/mol. The summed E-state index contributed by atoms with van der Waals surface area (Å²) in [6.07, 6.45) is 2.12. The standard InChI is InChI=1S/C10H11ClO5S/c1-6-9(17(11,13)14)4-8(16-6)10(12)15-5-7-2-3-7/h4,7H,2-3,5H2,1H3. The molecule has 1 aliphatic carbocycles. The molecule has 0 aromatic carbocycles. The highest BCUT2D eigenvalue weighted by molar-refractivity contribution is 8.13. The maximum Gasteiger partial charge on any atom is 0.374 e. The van der Waals surface area contributed by atoms with E-state index < -0.39 is 15.0 Å². The van der Waals surface area contributed by atoms with Crippen LogP contribution < -0.4 is 0 Å². The van der Waals surface area contributed by atoms with Crippen LogP contribution in [0.25, 0.3) is 0 Å². The number of carbonyl (C=O) groups excluding carboxylic acids is 1. The van der Waals surface area contributed by atoms with Crippen molar-refractivity contribution in [2.75, 3.05) is 6.61 Å². The molecule has 0 atom stereocenters. The molecule has 1 aromatic heterocycles. The van der Waals surface area contributed by atoms with E-state index >= 15 is 0 Å². The third kappa shape index (κ3) is 3.01. The van der Waals surface area contributed by atoms with Crippen LogP contribution in [0.5, 0.6) is 0 Å². The number of esters is 1. The van der Waals surface area contributed by atoms with Crippen molar-refractivity contribution in [3.05, 3.63) is 17.6 Å². The molecule has 0 N–H and O–H groups in total. The van der Waals surface area contributed by atoms with Crippen LogP contribution >= 0.6 is 10.7 Å². The highest BCUT2D eigenvalue weighted by Crippen LogP contribution is 2.29.